The molecule has 0 atom stereocenters. The number of hydrogen-bond donors (Lipinski definition) is 0. The Morgan fingerprint density at radius 2 is 0.373 bits per heavy atom. The van der Waals surface area contributed by atoms with Crippen molar-refractivity contribution in [1.29, 1.82) is 0 Å². The van der Waals surface area contributed by atoms with Gasteiger partial charge in [0.1, 0.15) is 0 Å². The fraction of sp³-hybridized carbons (Fsp3) is 0. The Hall–Kier alpha value is -7.55. The van der Waals surface area contributed by atoms with Crippen molar-refractivity contribution < 1.29 is 57.2 Å². The molecule has 0 N–H and O–H groups in total. The molecule has 372 valence electrons. The molecule has 7 aromatic rings. The zero-order chi connectivity index (χ0) is 53.4. The third-order valence-corrected chi connectivity index (χ3v) is 39.0. The van der Waals surface area contributed by atoms with Gasteiger partial charge >= 0.3 is 462 Å². The van der Waals surface area contributed by atoms with Crippen molar-refractivity contribution in [3.05, 3.63) is 274 Å². The molecule has 0 saturated heterocycles. The minimum atomic E-state index is -3.62. The van der Waals surface area contributed by atoms with Crippen LogP contribution in [0.5, 0.6) is 0 Å². The van der Waals surface area contributed by atoms with Gasteiger partial charge in [0.2, 0.25) is 0 Å². The van der Waals surface area contributed by atoms with Gasteiger partial charge in [-0.3, -0.25) is 0 Å². The van der Waals surface area contributed by atoms with E-state index in [4.69, 9.17) is 28.4 Å². The van der Waals surface area contributed by atoms with Crippen LogP contribution < -0.4 is 29.4 Å². The normalized spacial score (nSPS) is 10.6. The molecule has 75 heavy (non-hydrogen) atoms. The maximum absolute atomic E-state index is 12.9. The van der Waals surface area contributed by atoms with E-state index in [0.717, 1.165) is 67.0 Å². The van der Waals surface area contributed by atoms with Crippen molar-refractivity contribution in [2.24, 2.45) is 0 Å². The maximum atomic E-state index is 12.9. The summed E-state index contributed by atoms with van der Waals surface area (Å²) in [6, 6.07) is 50.8. The van der Waals surface area contributed by atoms with Crippen LogP contribution in [0.15, 0.2) is 241 Å². The molecule has 0 unspecified atom stereocenters. The second kappa shape index (κ2) is 26.6. The van der Waals surface area contributed by atoms with E-state index in [-0.39, 0.29) is 0 Å². The van der Waals surface area contributed by atoms with Gasteiger partial charge in [0.15, 0.2) is 0 Å². The Morgan fingerprint density at radius 1 is 0.240 bits per heavy atom. The predicted molar refractivity (Wildman–Crippen MR) is 293 cm³/mol. The van der Waals surface area contributed by atoms with E-state index in [0.29, 0.717) is 33.4 Å². The first-order valence-electron chi connectivity index (χ1n) is 22.5. The molecule has 0 aliphatic heterocycles. The Labute approximate surface area is 457 Å². The molecule has 12 nitrogen and oxygen atoms in total. The third kappa shape index (κ3) is 13.6. The average Bonchev–Trinajstić information content (AvgIpc) is 3.43. The van der Waals surface area contributed by atoms with Gasteiger partial charge in [-0.15, -0.1) is 0 Å². The third-order valence-electron chi connectivity index (χ3n) is 11.0. The summed E-state index contributed by atoms with van der Waals surface area (Å²) < 4.78 is 39.8. The van der Waals surface area contributed by atoms with Gasteiger partial charge in [-0.1, -0.05) is 0 Å². The summed E-state index contributed by atoms with van der Waals surface area (Å²) in [4.78, 5) is 77.6. The number of benzene rings is 7. The second-order valence-electron chi connectivity index (χ2n) is 15.4. The minimum absolute atomic E-state index is 0.327. The number of hydrogen-bond acceptors (Lipinski definition) is 12. The summed E-state index contributed by atoms with van der Waals surface area (Å²) in [6.45, 7) is 21.2. The number of ether oxygens (including phenoxy) is 6. The fourth-order valence-corrected chi connectivity index (χ4v) is 39.8. The SMILES string of the molecule is C=COC(=O)c1cc[c]([Bi]([c]2ccc(C(=O)OC=C)cc2)[c]2c[c]([Bi]([c]3ccc(C(=O)OC=C)cc3)[c]3ccc(C(=O)OC=C)cc3)c[c]([Bi]([c]3ccc(C(=O)OC=C)cc3)[c]3ccc(C(=O)OC=C)cc3)c2)cc1. The zero-order valence-corrected chi connectivity index (χ0v) is 50.5. The molecule has 0 spiro atoms. The van der Waals surface area contributed by atoms with Gasteiger partial charge in [0, 0.05) is 0 Å². The fourth-order valence-electron chi connectivity index (χ4n) is 7.65. The van der Waals surface area contributed by atoms with Gasteiger partial charge in [0.05, 0.1) is 0 Å². The molecule has 0 aliphatic rings. The van der Waals surface area contributed by atoms with E-state index in [2.05, 4.69) is 57.7 Å². The molecule has 0 amide bonds. The first-order chi connectivity index (χ1) is 36.4. The average molecular weight is 1580 g/mol. The molecule has 15 heteroatoms. The molecule has 0 fully saturated rings. The molecule has 0 heterocycles. The van der Waals surface area contributed by atoms with Crippen LogP contribution in [-0.4, -0.2) is 101 Å². The molecule has 7 aromatic carbocycles. The number of rotatable bonds is 21. The molecule has 0 saturated carbocycles. The molecule has 7 rings (SSSR count). The van der Waals surface area contributed by atoms with Crippen molar-refractivity contribution in [3.63, 3.8) is 0 Å². The number of carbonyl (C=O) groups is 6. The topological polar surface area (TPSA) is 158 Å². The van der Waals surface area contributed by atoms with Gasteiger partial charge in [-0.05, 0) is 0 Å². The van der Waals surface area contributed by atoms with E-state index in [1.54, 1.807) is 72.8 Å². The van der Waals surface area contributed by atoms with Crippen LogP contribution in [0, 0.1) is 0 Å². The summed E-state index contributed by atoms with van der Waals surface area (Å²) in [5.41, 5.74) is 1.96. The van der Waals surface area contributed by atoms with Crippen molar-refractivity contribution in [2.45, 2.75) is 0 Å². The molecule has 0 bridgehead atoms. The van der Waals surface area contributed by atoms with E-state index in [9.17, 15) is 28.8 Å². The molecule has 0 aliphatic carbocycles. The van der Waals surface area contributed by atoms with Crippen LogP contribution in [0.3, 0.4) is 0 Å². The van der Waals surface area contributed by atoms with Gasteiger partial charge in [-0.25, -0.2) is 0 Å². The number of esters is 6. The molecule has 0 aromatic heterocycles. The molecular formula is C60H45Bi3O12. The van der Waals surface area contributed by atoms with Crippen LogP contribution in [0.25, 0.3) is 0 Å². The Morgan fingerprint density at radius 3 is 0.493 bits per heavy atom. The summed E-state index contributed by atoms with van der Waals surface area (Å²) in [5, 5.41) is 0. The molecule has 0 radical (unpaired) electrons. The molecular weight excluding hydrogens is 1540 g/mol. The van der Waals surface area contributed by atoms with Gasteiger partial charge in [-0.2, -0.15) is 0 Å². The van der Waals surface area contributed by atoms with Crippen molar-refractivity contribution in [3.8, 4) is 0 Å². The van der Waals surface area contributed by atoms with E-state index >= 15 is 0 Å². The van der Waals surface area contributed by atoms with Crippen LogP contribution >= 0.6 is 0 Å². The van der Waals surface area contributed by atoms with E-state index in [1.807, 2.05) is 72.8 Å². The zero-order valence-electron chi connectivity index (χ0n) is 40.0. The van der Waals surface area contributed by atoms with Crippen LogP contribution in [0.1, 0.15) is 62.1 Å². The first kappa shape index (κ1) is 55.2. The Kier molecular flexibility index (Phi) is 19.6. The van der Waals surface area contributed by atoms with Crippen molar-refractivity contribution >= 4 is 131 Å². The standard InChI is InChI=1S/6C9H7O2.C6H3.3Bi/c6*1-2-11-9(10)8-6-4-3-5-7-8;1-2-4-6-5-3-1;;;/h6*2,4-7H,1H2;1,4-5H;;;. The Bertz CT molecular complexity index is 2750. The summed E-state index contributed by atoms with van der Waals surface area (Å²) in [7, 11) is 0. The summed E-state index contributed by atoms with van der Waals surface area (Å²) in [5.74, 6) is -3.39. The number of carbonyl (C=O) groups excluding carboxylic acids is 6. The summed E-state index contributed by atoms with van der Waals surface area (Å²) in [6.07, 6.45) is 6.48. The van der Waals surface area contributed by atoms with E-state index < -0.39 is 101 Å². The van der Waals surface area contributed by atoms with Gasteiger partial charge in [0.25, 0.3) is 0 Å². The monoisotopic (exact) mass is 1580 g/mol. The van der Waals surface area contributed by atoms with Crippen molar-refractivity contribution in [1.82, 2.24) is 0 Å². The summed E-state index contributed by atoms with van der Waals surface area (Å²) >= 11 is -10.9. The first-order valence-corrected chi connectivity index (χ1v) is 38.1. The quantitative estimate of drug-likeness (QED) is 0.0410. The van der Waals surface area contributed by atoms with Crippen LogP contribution in [-0.2, 0) is 28.4 Å². The van der Waals surface area contributed by atoms with Crippen LogP contribution in [0.2, 0.25) is 0 Å². The Balaban J connectivity index is 1.56. The second-order valence-corrected chi connectivity index (χ2v) is 41.3. The van der Waals surface area contributed by atoms with Crippen LogP contribution in [0.4, 0.5) is 0 Å². The van der Waals surface area contributed by atoms with E-state index in [1.165, 1.54) is 0 Å². The van der Waals surface area contributed by atoms with Crippen molar-refractivity contribution in [2.75, 3.05) is 0 Å². The predicted octanol–water partition coefficient (Wildman–Crippen LogP) is 5.04. The van der Waals surface area contributed by atoms with Gasteiger partial charge < -0.3 is 0 Å².